The van der Waals surface area contributed by atoms with E-state index in [2.05, 4.69) is 28.8 Å². The molecule has 0 aliphatic heterocycles. The second kappa shape index (κ2) is 12.4. The summed E-state index contributed by atoms with van der Waals surface area (Å²) in [5.41, 5.74) is -2.80. The molecule has 0 atom stereocenters. The van der Waals surface area contributed by atoms with Crippen LogP contribution < -0.4 is 4.18 Å². The first-order valence-corrected chi connectivity index (χ1v) is 14.8. The van der Waals surface area contributed by atoms with Crippen LogP contribution in [0.15, 0.2) is 48.6 Å². The number of benzene rings is 2. The summed E-state index contributed by atoms with van der Waals surface area (Å²) in [7, 11) is -3.30. The van der Waals surface area contributed by atoms with Crippen molar-refractivity contribution in [3.63, 3.8) is 0 Å². The number of ether oxygens (including phenoxy) is 2. The molecule has 2 aromatic rings. The molecule has 12 heteroatoms. The molecule has 0 heterocycles. The predicted molar refractivity (Wildman–Crippen MR) is 155 cm³/mol. The molecule has 1 N–H and O–H groups in total. The molecule has 4 rings (SSSR count). The van der Waals surface area contributed by atoms with Gasteiger partial charge in [0.1, 0.15) is 5.75 Å². The molecule has 0 radical (unpaired) electrons. The lowest BCUT2D eigenvalue weighted by molar-refractivity contribution is -0.0500. The Morgan fingerprint density at radius 2 is 1.23 bits per heavy atom. The van der Waals surface area contributed by atoms with Crippen molar-refractivity contribution in [2.75, 3.05) is 14.2 Å². The first-order chi connectivity index (χ1) is 19.8. The number of hydrogen-bond donors (Lipinski definition) is 1. The second-order valence-corrected chi connectivity index (χ2v) is 13.0. The lowest BCUT2D eigenvalue weighted by Gasteiger charge is -2.24. The number of carbonyl (C=O) groups excluding carboxylic acids is 2. The van der Waals surface area contributed by atoms with Gasteiger partial charge in [-0.1, -0.05) is 39.8 Å². The highest BCUT2D eigenvalue weighted by Gasteiger charge is 2.49. The predicted octanol–water partition coefficient (Wildman–Crippen LogP) is 7.29. The highest BCUT2D eigenvalue weighted by Crippen LogP contribution is 2.48. The van der Waals surface area contributed by atoms with Gasteiger partial charge in [-0.3, -0.25) is 0 Å². The van der Waals surface area contributed by atoms with E-state index in [1.54, 1.807) is 24.3 Å². The molecule has 0 amide bonds. The summed E-state index contributed by atoms with van der Waals surface area (Å²) in [6, 6.07) is 8.30. The van der Waals surface area contributed by atoms with Crippen LogP contribution in [-0.4, -0.2) is 45.2 Å². The maximum atomic E-state index is 12.6. The summed E-state index contributed by atoms with van der Waals surface area (Å²) in [5, 5.41) is 9.99. The number of allylic oxidation sites excluding steroid dienone is 4. The fourth-order valence-electron chi connectivity index (χ4n) is 5.15. The molecule has 0 saturated carbocycles. The second-order valence-electron chi connectivity index (χ2n) is 11.5. The smallest absolute Gasteiger partial charge is 0.507 e. The molecule has 43 heavy (non-hydrogen) atoms. The van der Waals surface area contributed by atoms with Gasteiger partial charge in [0.2, 0.25) is 0 Å². The van der Waals surface area contributed by atoms with Gasteiger partial charge >= 0.3 is 27.6 Å². The topological polar surface area (TPSA) is 116 Å². The molecule has 2 aliphatic rings. The van der Waals surface area contributed by atoms with Gasteiger partial charge in [0.25, 0.3) is 0 Å². The molecular formula is C31H35F3O8S. The van der Waals surface area contributed by atoms with Crippen LogP contribution in [0.2, 0.25) is 0 Å². The maximum Gasteiger partial charge on any atom is 0.534 e. The summed E-state index contributed by atoms with van der Waals surface area (Å²) >= 11 is 0. The molecule has 0 fully saturated rings. The molecule has 0 aromatic heterocycles. The van der Waals surface area contributed by atoms with Gasteiger partial charge in [0, 0.05) is 11.1 Å². The lowest BCUT2D eigenvalue weighted by atomic mass is 9.81. The van der Waals surface area contributed by atoms with E-state index in [4.69, 9.17) is 4.74 Å². The highest BCUT2D eigenvalue weighted by atomic mass is 32.2. The number of phenols is 1. The average molecular weight is 625 g/mol. The number of hydrogen-bond acceptors (Lipinski definition) is 8. The zero-order valence-corrected chi connectivity index (χ0v) is 25.6. The number of rotatable bonds is 6. The minimum absolute atomic E-state index is 0.0340. The van der Waals surface area contributed by atoms with Crippen molar-refractivity contribution in [3.8, 4) is 11.5 Å². The van der Waals surface area contributed by atoms with Crippen LogP contribution in [0, 0.1) is 10.8 Å². The van der Waals surface area contributed by atoms with Crippen LogP contribution in [0.25, 0.3) is 11.1 Å². The molecule has 0 spiro atoms. The Bertz CT molecular complexity index is 1570. The fourth-order valence-corrected chi connectivity index (χ4v) is 5.62. The number of alkyl halides is 3. The Labute approximate surface area is 249 Å². The summed E-state index contributed by atoms with van der Waals surface area (Å²) in [4.78, 5) is 23.2. The number of aromatic hydroxyl groups is 1. The van der Waals surface area contributed by atoms with Gasteiger partial charge in [-0.15, -0.1) is 0 Å². The first-order valence-electron chi connectivity index (χ1n) is 13.4. The van der Waals surface area contributed by atoms with Crippen molar-refractivity contribution in [3.05, 3.63) is 70.8 Å². The van der Waals surface area contributed by atoms with Crippen LogP contribution in [-0.2, 0) is 19.6 Å². The van der Waals surface area contributed by atoms with E-state index in [1.165, 1.54) is 20.3 Å². The molecule has 0 unspecified atom stereocenters. The lowest BCUT2D eigenvalue weighted by Crippen LogP contribution is -2.28. The van der Waals surface area contributed by atoms with E-state index in [1.807, 2.05) is 13.8 Å². The molecule has 8 nitrogen and oxygen atoms in total. The third-order valence-corrected chi connectivity index (χ3v) is 8.54. The van der Waals surface area contributed by atoms with E-state index >= 15 is 0 Å². The Morgan fingerprint density at radius 3 is 1.65 bits per heavy atom. The van der Waals surface area contributed by atoms with Gasteiger partial charge in [-0.25, -0.2) is 9.59 Å². The van der Waals surface area contributed by atoms with Crippen molar-refractivity contribution < 1.29 is 49.9 Å². The van der Waals surface area contributed by atoms with Crippen LogP contribution in [0.4, 0.5) is 13.2 Å². The SMILES string of the molecule is COC(=O)c1ccc(O)c(C2=CCCC2(C)C)c1.COC(=O)c1ccc(OS(=O)(=O)C(F)(F)F)c(C2=CCCC2(C)C)c1. The number of halogens is 3. The van der Waals surface area contributed by atoms with Crippen molar-refractivity contribution in [2.24, 2.45) is 10.8 Å². The standard InChI is InChI=1S/C16H17F3O5S.C15H18O3/c1-15(2)8-4-5-12(15)11-9-10(14(20)23-3)6-7-13(11)24-25(21,22)16(17,18)19;1-15(2)8-4-5-12(15)11-9-10(14(17)18-3)6-7-13(11)16/h5-7,9H,4,8H2,1-3H3;5-7,9,16H,4,8H2,1-3H3. The van der Waals surface area contributed by atoms with Gasteiger partial charge in [0.15, 0.2) is 5.75 Å². The van der Waals surface area contributed by atoms with Gasteiger partial charge in [0.05, 0.1) is 25.3 Å². The molecular weight excluding hydrogens is 589 g/mol. The third kappa shape index (κ3) is 7.41. The van der Waals surface area contributed by atoms with Crippen LogP contribution in [0.3, 0.4) is 0 Å². The number of phenolic OH excluding ortho intramolecular Hbond substituents is 1. The summed E-state index contributed by atoms with van der Waals surface area (Å²) < 4.78 is 74.3. The number of methoxy groups -OCH3 is 2. The van der Waals surface area contributed by atoms with E-state index < -0.39 is 32.8 Å². The van der Waals surface area contributed by atoms with Crippen LogP contribution in [0.1, 0.15) is 85.2 Å². The molecule has 2 aliphatic carbocycles. The number of esters is 2. The summed E-state index contributed by atoms with van der Waals surface area (Å²) in [6.45, 7) is 8.05. The number of carbonyl (C=O) groups is 2. The van der Waals surface area contributed by atoms with Crippen LogP contribution in [0.5, 0.6) is 11.5 Å². The largest absolute Gasteiger partial charge is 0.534 e. The van der Waals surface area contributed by atoms with Gasteiger partial charge < -0.3 is 18.8 Å². The van der Waals surface area contributed by atoms with E-state index in [-0.39, 0.29) is 28.3 Å². The molecule has 2 aromatic carbocycles. The summed E-state index contributed by atoms with van der Waals surface area (Å²) in [6.07, 6.45) is 7.40. The fraction of sp³-hybridized carbons (Fsp3) is 0.419. The third-order valence-electron chi connectivity index (χ3n) is 7.58. The quantitative estimate of drug-likeness (QED) is 0.202. The zero-order valence-electron chi connectivity index (χ0n) is 24.8. The minimum atomic E-state index is -5.82. The summed E-state index contributed by atoms with van der Waals surface area (Å²) in [5.74, 6) is -1.34. The van der Waals surface area contributed by atoms with Gasteiger partial charge in [-0.2, -0.15) is 21.6 Å². The van der Waals surface area contributed by atoms with Crippen molar-refractivity contribution in [1.29, 1.82) is 0 Å². The zero-order chi connectivity index (χ0) is 32.4. The Balaban J connectivity index is 0.000000248. The first kappa shape index (κ1) is 33.7. The Morgan fingerprint density at radius 1 is 0.791 bits per heavy atom. The van der Waals surface area contributed by atoms with Crippen LogP contribution >= 0.6 is 0 Å². The minimum Gasteiger partial charge on any atom is -0.507 e. The van der Waals surface area contributed by atoms with Crippen molar-refractivity contribution in [1.82, 2.24) is 0 Å². The van der Waals surface area contributed by atoms with Crippen molar-refractivity contribution >= 4 is 33.2 Å². The maximum absolute atomic E-state index is 12.6. The Kier molecular flexibility index (Phi) is 9.75. The van der Waals surface area contributed by atoms with E-state index in [0.717, 1.165) is 42.5 Å². The van der Waals surface area contributed by atoms with E-state index in [9.17, 15) is 36.3 Å². The monoisotopic (exact) mass is 624 g/mol. The van der Waals surface area contributed by atoms with E-state index in [0.29, 0.717) is 17.6 Å². The molecule has 234 valence electrons. The normalized spacial score (nSPS) is 17.2. The molecule has 0 saturated heterocycles. The van der Waals surface area contributed by atoms with Gasteiger partial charge in [-0.05, 0) is 84.1 Å². The highest BCUT2D eigenvalue weighted by molar-refractivity contribution is 7.88. The average Bonchev–Trinajstić information content (AvgIpc) is 3.47. The molecule has 0 bridgehead atoms. The Hall–Kier alpha value is -3.80. The van der Waals surface area contributed by atoms with Crippen molar-refractivity contribution in [2.45, 2.75) is 58.9 Å².